The first kappa shape index (κ1) is 24.2. The Bertz CT molecular complexity index is 1330. The van der Waals surface area contributed by atoms with Gasteiger partial charge in [-0.25, -0.2) is 0 Å². The van der Waals surface area contributed by atoms with Gasteiger partial charge in [0.1, 0.15) is 18.1 Å². The molecular weight excluding hydrogens is 470 g/mol. The van der Waals surface area contributed by atoms with Crippen LogP contribution in [-0.2, 0) is 13.2 Å². The van der Waals surface area contributed by atoms with Gasteiger partial charge in [0.2, 0.25) is 0 Å². The zero-order valence-electron chi connectivity index (χ0n) is 19.9. The van der Waals surface area contributed by atoms with E-state index in [9.17, 15) is 4.79 Å². The average Bonchev–Trinajstić information content (AvgIpc) is 3.44. The number of furan rings is 1. The maximum absolute atomic E-state index is 12.8. The summed E-state index contributed by atoms with van der Waals surface area (Å²) in [7, 11) is 3.20. The van der Waals surface area contributed by atoms with Crippen molar-refractivity contribution in [1.82, 2.24) is 9.78 Å². The van der Waals surface area contributed by atoms with E-state index in [1.54, 1.807) is 50.6 Å². The van der Waals surface area contributed by atoms with E-state index in [1.807, 2.05) is 36.7 Å². The molecule has 4 aromatic rings. The number of ether oxygens (including phenoxy) is 3. The molecule has 0 fully saturated rings. The fourth-order valence-corrected chi connectivity index (χ4v) is 3.75. The molecular formula is C26H26ClN3O5. The molecule has 0 bridgehead atoms. The number of methoxy groups -OCH3 is 2. The third kappa shape index (κ3) is 5.60. The summed E-state index contributed by atoms with van der Waals surface area (Å²) in [5.41, 5.74) is 3.16. The SMILES string of the molecule is COc1ccc(Cn2nc(C)c(NC(=O)c3ccc(COc4ccc(Cl)cc4)o3)c2C)cc1OC. The highest BCUT2D eigenvalue weighted by atomic mass is 35.5. The van der Waals surface area contributed by atoms with Crippen LogP contribution in [0.5, 0.6) is 17.2 Å². The summed E-state index contributed by atoms with van der Waals surface area (Å²) < 4.78 is 23.9. The Hall–Kier alpha value is -3.91. The summed E-state index contributed by atoms with van der Waals surface area (Å²) in [6.45, 7) is 4.46. The predicted octanol–water partition coefficient (Wildman–Crippen LogP) is 5.64. The third-order valence-electron chi connectivity index (χ3n) is 5.48. The molecule has 0 spiro atoms. The van der Waals surface area contributed by atoms with E-state index < -0.39 is 0 Å². The fraction of sp³-hybridized carbons (Fsp3) is 0.231. The lowest BCUT2D eigenvalue weighted by Crippen LogP contribution is -2.12. The van der Waals surface area contributed by atoms with Crippen LogP contribution >= 0.6 is 11.6 Å². The molecule has 2 aromatic carbocycles. The lowest BCUT2D eigenvalue weighted by molar-refractivity contribution is 0.0992. The highest BCUT2D eigenvalue weighted by molar-refractivity contribution is 6.30. The van der Waals surface area contributed by atoms with E-state index in [-0.39, 0.29) is 18.3 Å². The number of anilines is 1. The van der Waals surface area contributed by atoms with Crippen molar-refractivity contribution in [3.8, 4) is 17.2 Å². The van der Waals surface area contributed by atoms with Crippen LogP contribution in [0.25, 0.3) is 0 Å². The van der Waals surface area contributed by atoms with E-state index in [1.165, 1.54) is 0 Å². The highest BCUT2D eigenvalue weighted by Gasteiger charge is 2.18. The third-order valence-corrected chi connectivity index (χ3v) is 5.73. The standard InChI is InChI=1S/C26H26ClN3O5/c1-16-25(17(2)30(29-16)14-18-5-11-22(32-3)24(13-18)33-4)28-26(31)23-12-10-21(35-23)15-34-20-8-6-19(27)7-9-20/h5-13H,14-15H2,1-4H3,(H,28,31). The quantitative estimate of drug-likeness (QED) is 0.323. The van der Waals surface area contributed by atoms with Gasteiger partial charge in [0, 0.05) is 5.02 Å². The van der Waals surface area contributed by atoms with Crippen LogP contribution in [0.1, 0.15) is 33.3 Å². The number of amides is 1. The van der Waals surface area contributed by atoms with Gasteiger partial charge in [-0.15, -0.1) is 0 Å². The molecule has 1 N–H and O–H groups in total. The molecule has 0 aliphatic rings. The molecule has 0 saturated heterocycles. The minimum atomic E-state index is -0.361. The van der Waals surface area contributed by atoms with Gasteiger partial charge in [0.05, 0.1) is 37.8 Å². The average molecular weight is 496 g/mol. The summed E-state index contributed by atoms with van der Waals surface area (Å²) in [5.74, 6) is 2.32. The van der Waals surface area contributed by atoms with Crippen molar-refractivity contribution in [2.24, 2.45) is 0 Å². The second-order valence-corrected chi connectivity index (χ2v) is 8.29. The minimum Gasteiger partial charge on any atom is -0.493 e. The molecule has 182 valence electrons. The maximum Gasteiger partial charge on any atom is 0.291 e. The number of halogens is 1. The molecule has 2 heterocycles. The normalized spacial score (nSPS) is 10.8. The number of aromatic nitrogens is 2. The Balaban J connectivity index is 1.42. The van der Waals surface area contributed by atoms with Gasteiger partial charge in [0.25, 0.3) is 5.91 Å². The Morgan fingerprint density at radius 1 is 1.03 bits per heavy atom. The number of rotatable bonds is 9. The second kappa shape index (κ2) is 10.6. The lowest BCUT2D eigenvalue weighted by Gasteiger charge is -2.11. The molecule has 1 amide bonds. The topological polar surface area (TPSA) is 87.8 Å². The molecule has 0 radical (unpaired) electrons. The Kier molecular flexibility index (Phi) is 7.31. The van der Waals surface area contributed by atoms with Gasteiger partial charge in [-0.05, 0) is 67.9 Å². The first-order chi connectivity index (χ1) is 16.9. The van der Waals surface area contributed by atoms with Crippen LogP contribution in [0.3, 0.4) is 0 Å². The zero-order valence-corrected chi connectivity index (χ0v) is 20.7. The molecule has 4 rings (SSSR count). The molecule has 2 aromatic heterocycles. The van der Waals surface area contributed by atoms with Gasteiger partial charge in [0.15, 0.2) is 17.3 Å². The summed E-state index contributed by atoms with van der Waals surface area (Å²) in [5, 5.41) is 8.14. The lowest BCUT2D eigenvalue weighted by atomic mass is 10.2. The van der Waals surface area contributed by atoms with Crippen LogP contribution in [-0.4, -0.2) is 29.9 Å². The van der Waals surface area contributed by atoms with Crippen molar-refractivity contribution in [3.05, 3.63) is 88.1 Å². The summed E-state index contributed by atoms with van der Waals surface area (Å²) in [4.78, 5) is 12.8. The highest BCUT2D eigenvalue weighted by Crippen LogP contribution is 2.29. The Labute approximate surface area is 208 Å². The number of hydrogen-bond donors (Lipinski definition) is 1. The Morgan fingerprint density at radius 3 is 2.49 bits per heavy atom. The van der Waals surface area contributed by atoms with E-state index in [2.05, 4.69) is 10.4 Å². The van der Waals surface area contributed by atoms with Crippen LogP contribution in [0.2, 0.25) is 5.02 Å². The van der Waals surface area contributed by atoms with Crippen molar-refractivity contribution in [3.63, 3.8) is 0 Å². The molecule has 0 aliphatic carbocycles. The number of carbonyl (C=O) groups excluding carboxylic acids is 1. The number of nitrogens with one attached hydrogen (secondary N) is 1. The van der Waals surface area contributed by atoms with Crippen LogP contribution in [0.15, 0.2) is 59.0 Å². The van der Waals surface area contributed by atoms with Crippen molar-refractivity contribution < 1.29 is 23.4 Å². The van der Waals surface area contributed by atoms with Gasteiger partial charge in [-0.2, -0.15) is 5.10 Å². The summed E-state index contributed by atoms with van der Waals surface area (Å²) >= 11 is 5.89. The van der Waals surface area contributed by atoms with Crippen molar-refractivity contribution >= 4 is 23.2 Å². The van der Waals surface area contributed by atoms with Crippen LogP contribution in [0, 0.1) is 13.8 Å². The van der Waals surface area contributed by atoms with E-state index in [4.69, 9.17) is 30.2 Å². The zero-order chi connectivity index (χ0) is 24.9. The van der Waals surface area contributed by atoms with E-state index in [0.717, 1.165) is 11.3 Å². The number of hydrogen-bond acceptors (Lipinski definition) is 6. The van der Waals surface area contributed by atoms with Gasteiger partial charge < -0.3 is 23.9 Å². The first-order valence-corrected chi connectivity index (χ1v) is 11.3. The number of nitrogens with zero attached hydrogens (tertiary/aromatic N) is 2. The number of benzene rings is 2. The van der Waals surface area contributed by atoms with Gasteiger partial charge >= 0.3 is 0 Å². The first-order valence-electron chi connectivity index (χ1n) is 10.9. The predicted molar refractivity (Wildman–Crippen MR) is 133 cm³/mol. The van der Waals surface area contributed by atoms with E-state index in [0.29, 0.717) is 46.0 Å². The van der Waals surface area contributed by atoms with Crippen LogP contribution in [0.4, 0.5) is 5.69 Å². The summed E-state index contributed by atoms with van der Waals surface area (Å²) in [6, 6.07) is 16.1. The van der Waals surface area contributed by atoms with Gasteiger partial charge in [-0.1, -0.05) is 17.7 Å². The number of carbonyl (C=O) groups is 1. The fourth-order valence-electron chi connectivity index (χ4n) is 3.62. The minimum absolute atomic E-state index is 0.186. The molecule has 9 heteroatoms. The maximum atomic E-state index is 12.8. The molecule has 0 atom stereocenters. The molecule has 0 saturated carbocycles. The van der Waals surface area contributed by atoms with Crippen molar-refractivity contribution in [2.45, 2.75) is 27.0 Å². The largest absolute Gasteiger partial charge is 0.493 e. The number of aryl methyl sites for hydroxylation is 1. The smallest absolute Gasteiger partial charge is 0.291 e. The molecule has 0 unspecified atom stereocenters. The monoisotopic (exact) mass is 495 g/mol. The van der Waals surface area contributed by atoms with Gasteiger partial charge in [-0.3, -0.25) is 9.48 Å². The second-order valence-electron chi connectivity index (χ2n) is 7.86. The van der Waals surface area contributed by atoms with E-state index >= 15 is 0 Å². The molecule has 8 nitrogen and oxygen atoms in total. The van der Waals surface area contributed by atoms with Crippen molar-refractivity contribution in [2.75, 3.05) is 19.5 Å². The van der Waals surface area contributed by atoms with Crippen LogP contribution < -0.4 is 19.5 Å². The summed E-state index contributed by atoms with van der Waals surface area (Å²) in [6.07, 6.45) is 0. The molecule has 0 aliphatic heterocycles. The molecule has 35 heavy (non-hydrogen) atoms. The van der Waals surface area contributed by atoms with Crippen molar-refractivity contribution in [1.29, 1.82) is 0 Å². The Morgan fingerprint density at radius 2 is 1.77 bits per heavy atom.